The summed E-state index contributed by atoms with van der Waals surface area (Å²) in [5, 5.41) is 13.5. The van der Waals surface area contributed by atoms with Crippen LogP contribution in [-0.2, 0) is 4.74 Å². The van der Waals surface area contributed by atoms with E-state index in [-0.39, 0.29) is 5.54 Å². The van der Waals surface area contributed by atoms with Gasteiger partial charge in [0.15, 0.2) is 0 Å². The normalized spacial score (nSPS) is 35.9. The van der Waals surface area contributed by atoms with E-state index in [4.69, 9.17) is 4.74 Å². The van der Waals surface area contributed by atoms with E-state index in [0.29, 0.717) is 18.7 Å². The molecule has 4 nitrogen and oxygen atoms in total. The molecule has 4 heteroatoms. The Morgan fingerprint density at radius 1 is 1.20 bits per heavy atom. The van der Waals surface area contributed by atoms with E-state index in [0.717, 1.165) is 32.0 Å². The van der Waals surface area contributed by atoms with Crippen molar-refractivity contribution < 1.29 is 9.84 Å². The van der Waals surface area contributed by atoms with Gasteiger partial charge in [-0.25, -0.2) is 0 Å². The van der Waals surface area contributed by atoms with E-state index in [2.05, 4.69) is 17.3 Å². The summed E-state index contributed by atoms with van der Waals surface area (Å²) >= 11 is 0. The van der Waals surface area contributed by atoms with E-state index in [1.165, 1.54) is 38.6 Å². The van der Waals surface area contributed by atoms with Gasteiger partial charge in [-0.2, -0.15) is 0 Å². The van der Waals surface area contributed by atoms with Crippen molar-refractivity contribution in [3.63, 3.8) is 0 Å². The third-order valence-electron chi connectivity index (χ3n) is 5.48. The van der Waals surface area contributed by atoms with E-state index >= 15 is 0 Å². The van der Waals surface area contributed by atoms with E-state index in [1.807, 2.05) is 0 Å². The Bertz CT molecular complexity index is 316. The van der Waals surface area contributed by atoms with Gasteiger partial charge in [0.1, 0.15) is 0 Å². The zero-order valence-corrected chi connectivity index (χ0v) is 12.8. The van der Waals surface area contributed by atoms with Crippen LogP contribution in [0.4, 0.5) is 0 Å². The van der Waals surface area contributed by atoms with Gasteiger partial charge in [-0.3, -0.25) is 0 Å². The van der Waals surface area contributed by atoms with Crippen molar-refractivity contribution in [1.82, 2.24) is 10.2 Å². The van der Waals surface area contributed by atoms with Crippen LogP contribution >= 0.6 is 0 Å². The molecule has 2 unspecified atom stereocenters. The maximum Gasteiger partial charge on any atom is 0.0614 e. The fourth-order valence-corrected chi connectivity index (χ4v) is 3.94. The van der Waals surface area contributed by atoms with Gasteiger partial charge in [0, 0.05) is 37.4 Å². The van der Waals surface area contributed by atoms with Crippen LogP contribution in [0.2, 0.25) is 0 Å². The Labute approximate surface area is 122 Å². The average Bonchev–Trinajstić information content (AvgIpc) is 3.17. The molecule has 20 heavy (non-hydrogen) atoms. The molecule has 2 aliphatic carbocycles. The number of nitrogens with one attached hydrogen (secondary N) is 1. The molecule has 2 saturated carbocycles. The van der Waals surface area contributed by atoms with Gasteiger partial charge in [0.25, 0.3) is 0 Å². The van der Waals surface area contributed by atoms with Crippen LogP contribution in [-0.4, -0.2) is 61.0 Å². The van der Waals surface area contributed by atoms with Crippen molar-refractivity contribution in [1.29, 1.82) is 0 Å². The number of hydrogen-bond donors (Lipinski definition) is 2. The molecule has 0 spiro atoms. The van der Waals surface area contributed by atoms with Gasteiger partial charge in [-0.1, -0.05) is 0 Å². The lowest BCUT2D eigenvalue weighted by Crippen LogP contribution is -2.49. The molecule has 1 heterocycles. The molecule has 1 aliphatic heterocycles. The summed E-state index contributed by atoms with van der Waals surface area (Å²) < 4.78 is 5.45. The molecule has 0 bridgehead atoms. The van der Waals surface area contributed by atoms with Gasteiger partial charge in [-0.15, -0.1) is 0 Å². The lowest BCUT2D eigenvalue weighted by Gasteiger charge is -2.33. The van der Waals surface area contributed by atoms with Crippen molar-refractivity contribution >= 4 is 0 Å². The third-order valence-corrected chi connectivity index (χ3v) is 5.48. The monoisotopic (exact) mass is 282 g/mol. The average molecular weight is 282 g/mol. The van der Waals surface area contributed by atoms with Crippen LogP contribution in [0.25, 0.3) is 0 Å². The number of aliphatic hydroxyl groups excluding tert-OH is 1. The Balaban J connectivity index is 1.49. The fraction of sp³-hybridized carbons (Fsp3) is 1.00. The Hall–Kier alpha value is -0.160. The largest absolute Gasteiger partial charge is 0.394 e. The minimum absolute atomic E-state index is 0.00969. The Morgan fingerprint density at radius 3 is 2.60 bits per heavy atom. The summed E-state index contributed by atoms with van der Waals surface area (Å²) in [4.78, 5) is 2.54. The van der Waals surface area contributed by atoms with Crippen LogP contribution < -0.4 is 5.32 Å². The number of nitrogens with zero attached hydrogens (tertiary/aromatic N) is 1. The van der Waals surface area contributed by atoms with Crippen molar-refractivity contribution in [2.24, 2.45) is 5.92 Å². The first-order chi connectivity index (χ1) is 9.71. The summed E-state index contributed by atoms with van der Waals surface area (Å²) in [6.45, 7) is 3.37. The van der Waals surface area contributed by atoms with Crippen LogP contribution in [0.15, 0.2) is 0 Å². The van der Waals surface area contributed by atoms with Crippen LogP contribution in [0, 0.1) is 5.92 Å². The first-order valence-electron chi connectivity index (χ1n) is 8.37. The Kier molecular flexibility index (Phi) is 4.65. The minimum atomic E-state index is 0.00969. The van der Waals surface area contributed by atoms with Crippen molar-refractivity contribution in [2.75, 3.05) is 33.4 Å². The molecular formula is C16H30N2O2. The summed E-state index contributed by atoms with van der Waals surface area (Å²) in [6.07, 6.45) is 8.47. The second kappa shape index (κ2) is 6.30. The van der Waals surface area contributed by atoms with E-state index in [1.54, 1.807) is 0 Å². The van der Waals surface area contributed by atoms with Crippen LogP contribution in [0.5, 0.6) is 0 Å². The summed E-state index contributed by atoms with van der Waals surface area (Å²) in [6, 6.07) is 1.32. The number of rotatable bonds is 6. The molecule has 3 rings (SSSR count). The number of ether oxygens (including phenoxy) is 1. The zero-order chi connectivity index (χ0) is 14.0. The second-order valence-electron chi connectivity index (χ2n) is 7.25. The molecule has 0 aromatic rings. The summed E-state index contributed by atoms with van der Waals surface area (Å²) in [7, 11) is 2.27. The molecule has 0 aromatic heterocycles. The van der Waals surface area contributed by atoms with Crippen molar-refractivity contribution in [2.45, 2.75) is 62.6 Å². The molecule has 2 N–H and O–H groups in total. The lowest BCUT2D eigenvalue weighted by molar-refractivity contribution is 0.0495. The highest BCUT2D eigenvalue weighted by atomic mass is 16.5. The summed E-state index contributed by atoms with van der Waals surface area (Å²) in [5.74, 6) is 0.800. The molecule has 1 saturated heterocycles. The molecule has 0 aromatic carbocycles. The molecule has 0 radical (unpaired) electrons. The number of hydrogen-bond acceptors (Lipinski definition) is 4. The quantitative estimate of drug-likeness (QED) is 0.772. The third kappa shape index (κ3) is 3.53. The molecule has 116 valence electrons. The van der Waals surface area contributed by atoms with Crippen LogP contribution in [0.3, 0.4) is 0 Å². The highest BCUT2D eigenvalue weighted by molar-refractivity contribution is 5.02. The Morgan fingerprint density at radius 2 is 1.95 bits per heavy atom. The highest BCUT2D eigenvalue weighted by Gasteiger charge is 2.43. The lowest BCUT2D eigenvalue weighted by atomic mass is 9.97. The van der Waals surface area contributed by atoms with Gasteiger partial charge in [0.2, 0.25) is 0 Å². The zero-order valence-electron chi connectivity index (χ0n) is 12.8. The molecule has 3 aliphatic rings. The summed E-state index contributed by atoms with van der Waals surface area (Å²) in [5.41, 5.74) is 0.00969. The van der Waals surface area contributed by atoms with Gasteiger partial charge in [0.05, 0.1) is 6.61 Å². The number of aliphatic hydroxyl groups is 1. The van der Waals surface area contributed by atoms with Crippen molar-refractivity contribution in [3.05, 3.63) is 0 Å². The maximum atomic E-state index is 9.82. The first kappa shape index (κ1) is 14.8. The minimum Gasteiger partial charge on any atom is -0.394 e. The standard InChI is InChI=1S/C16H30N2O2/c1-18(11-13-5-8-20-9-6-13)15-4-7-16(10-15,12-19)17-14-2-3-14/h13-15,17,19H,2-12H2,1H3. The van der Waals surface area contributed by atoms with E-state index in [9.17, 15) is 5.11 Å². The van der Waals surface area contributed by atoms with Crippen molar-refractivity contribution in [3.8, 4) is 0 Å². The van der Waals surface area contributed by atoms with E-state index < -0.39 is 0 Å². The smallest absolute Gasteiger partial charge is 0.0614 e. The van der Waals surface area contributed by atoms with Gasteiger partial charge in [-0.05, 0) is 57.9 Å². The SMILES string of the molecule is CN(CC1CCOCC1)C1CCC(CO)(NC2CC2)C1. The van der Waals surface area contributed by atoms with Gasteiger partial charge < -0.3 is 20.1 Å². The highest BCUT2D eigenvalue weighted by Crippen LogP contribution is 2.36. The second-order valence-corrected chi connectivity index (χ2v) is 7.25. The predicted molar refractivity (Wildman–Crippen MR) is 79.8 cm³/mol. The fourth-order valence-electron chi connectivity index (χ4n) is 3.94. The maximum absolute atomic E-state index is 9.82. The topological polar surface area (TPSA) is 44.7 Å². The predicted octanol–water partition coefficient (Wildman–Crippen LogP) is 1.38. The van der Waals surface area contributed by atoms with Crippen LogP contribution in [0.1, 0.15) is 44.9 Å². The molecule has 3 fully saturated rings. The molecular weight excluding hydrogens is 252 g/mol. The first-order valence-corrected chi connectivity index (χ1v) is 8.37. The molecule has 0 amide bonds. The van der Waals surface area contributed by atoms with Gasteiger partial charge >= 0.3 is 0 Å². The molecule has 2 atom stereocenters.